The number of nitrogens with one attached hydrogen (secondary N) is 4. The maximum Gasteiger partial charge on any atom is 0.136 e. The molecule has 9 nitrogen and oxygen atoms in total. The first-order chi connectivity index (χ1) is 22.4. The highest BCUT2D eigenvalue weighted by atomic mass is 35.5. The summed E-state index contributed by atoms with van der Waals surface area (Å²) in [6, 6.07) is 15.0. The van der Waals surface area contributed by atoms with Gasteiger partial charge in [-0.15, -0.1) is 5.53 Å². The Labute approximate surface area is 294 Å². The Balaban J connectivity index is 1.36. The molecule has 47 heavy (non-hydrogen) atoms. The van der Waals surface area contributed by atoms with Crippen LogP contribution in [0.1, 0.15) is 56.3 Å². The van der Waals surface area contributed by atoms with Crippen LogP contribution in [0.3, 0.4) is 0 Å². The van der Waals surface area contributed by atoms with Gasteiger partial charge in [0.05, 0.1) is 33.5 Å². The third-order valence-electron chi connectivity index (χ3n) is 8.68. The summed E-state index contributed by atoms with van der Waals surface area (Å²) in [4.78, 5) is 11.3. The summed E-state index contributed by atoms with van der Waals surface area (Å²) < 4.78 is 0. The lowest BCUT2D eigenvalue weighted by Gasteiger charge is -2.42. The van der Waals surface area contributed by atoms with Crippen molar-refractivity contribution in [1.29, 1.82) is 5.26 Å². The molecule has 6 rings (SSSR count). The molecule has 0 amide bonds. The number of aromatic nitrogens is 2. The summed E-state index contributed by atoms with van der Waals surface area (Å²) >= 11 is 26.1. The number of anilines is 3. The quantitative estimate of drug-likeness (QED) is 0.140. The molecule has 0 saturated carbocycles. The minimum Gasteiger partial charge on any atom is -0.373 e. The highest BCUT2D eigenvalue weighted by Crippen LogP contribution is 2.38. The molecule has 0 aliphatic carbocycles. The van der Waals surface area contributed by atoms with Crippen molar-refractivity contribution >= 4 is 74.4 Å². The van der Waals surface area contributed by atoms with Crippen molar-refractivity contribution in [2.45, 2.75) is 58.2 Å². The molecular weight excluding hydrogens is 676 g/mol. The van der Waals surface area contributed by atoms with Crippen LogP contribution in [0.5, 0.6) is 0 Å². The predicted molar refractivity (Wildman–Crippen MR) is 192 cm³/mol. The van der Waals surface area contributed by atoms with Crippen molar-refractivity contribution in [2.24, 2.45) is 0 Å². The summed E-state index contributed by atoms with van der Waals surface area (Å²) in [7, 11) is 0. The van der Waals surface area contributed by atoms with Crippen LogP contribution in [0.25, 0.3) is 10.9 Å². The number of fused-ring (bicyclic) bond motifs is 1. The monoisotopic (exact) mass is 709 g/mol. The predicted octanol–water partition coefficient (Wildman–Crippen LogP) is 8.75. The van der Waals surface area contributed by atoms with Crippen LogP contribution in [-0.4, -0.2) is 44.5 Å². The SMILES string of the molecule is Cc1ccc(Nc2c(C#N)cnc3c(Cl)cc(N[C@H](C4=CN(C5CCN(C(C)(C)C)CC5)NN4)c4ccc(Cl)nc4Cl)cc23)cc1Cl. The molecule has 0 spiro atoms. The van der Waals surface area contributed by atoms with E-state index in [0.717, 1.165) is 42.9 Å². The van der Waals surface area contributed by atoms with Gasteiger partial charge >= 0.3 is 0 Å². The van der Waals surface area contributed by atoms with E-state index in [0.29, 0.717) is 54.6 Å². The molecule has 0 bridgehead atoms. The number of nitrogens with zero attached hydrogens (tertiary/aromatic N) is 5. The molecule has 0 unspecified atom stereocenters. The number of hydrogen-bond donors (Lipinski definition) is 4. The van der Waals surface area contributed by atoms with Gasteiger partial charge in [0.15, 0.2) is 0 Å². The van der Waals surface area contributed by atoms with E-state index in [9.17, 15) is 5.26 Å². The molecular formula is C34H35Cl4N9. The number of pyridine rings is 2. The lowest BCUT2D eigenvalue weighted by molar-refractivity contribution is 0.0570. The molecule has 1 atom stereocenters. The van der Waals surface area contributed by atoms with E-state index >= 15 is 0 Å². The van der Waals surface area contributed by atoms with Crippen LogP contribution >= 0.6 is 46.4 Å². The van der Waals surface area contributed by atoms with E-state index < -0.39 is 6.04 Å². The number of hydrazine groups is 2. The first-order valence-corrected chi connectivity index (χ1v) is 16.8. The van der Waals surface area contributed by atoms with Gasteiger partial charge < -0.3 is 16.1 Å². The minimum absolute atomic E-state index is 0.142. The topological polar surface area (TPSA) is 104 Å². The molecule has 4 N–H and O–H groups in total. The Morgan fingerprint density at radius 3 is 2.43 bits per heavy atom. The Bertz CT molecular complexity index is 1890. The zero-order valence-corrected chi connectivity index (χ0v) is 29.5. The van der Waals surface area contributed by atoms with Crippen molar-refractivity contribution < 1.29 is 0 Å². The molecule has 1 fully saturated rings. The summed E-state index contributed by atoms with van der Waals surface area (Å²) in [5, 5.41) is 21.4. The second-order valence-electron chi connectivity index (χ2n) is 12.8. The van der Waals surface area contributed by atoms with Crippen molar-refractivity contribution in [3.05, 3.63) is 97.6 Å². The Morgan fingerprint density at radius 1 is 1.00 bits per heavy atom. The van der Waals surface area contributed by atoms with E-state index in [1.807, 2.05) is 43.3 Å². The van der Waals surface area contributed by atoms with Gasteiger partial charge in [-0.25, -0.2) is 4.98 Å². The van der Waals surface area contributed by atoms with Crippen molar-refractivity contribution in [3.8, 4) is 6.07 Å². The lowest BCUT2D eigenvalue weighted by Crippen LogP contribution is -2.52. The molecule has 244 valence electrons. The van der Waals surface area contributed by atoms with Crippen LogP contribution in [0, 0.1) is 18.3 Å². The van der Waals surface area contributed by atoms with Gasteiger partial charge in [-0.1, -0.05) is 58.5 Å². The van der Waals surface area contributed by atoms with E-state index in [-0.39, 0.29) is 10.7 Å². The maximum atomic E-state index is 10.0. The van der Waals surface area contributed by atoms with Crippen LogP contribution in [0.2, 0.25) is 20.4 Å². The minimum atomic E-state index is -0.465. The Kier molecular flexibility index (Phi) is 9.64. The molecule has 2 aromatic heterocycles. The number of benzene rings is 2. The van der Waals surface area contributed by atoms with Crippen LogP contribution < -0.4 is 21.6 Å². The average molecular weight is 712 g/mol. The molecule has 4 heterocycles. The molecule has 1 saturated heterocycles. The number of rotatable bonds is 7. The zero-order chi connectivity index (χ0) is 33.5. The number of nitriles is 1. The number of aryl methyl sites for hydroxylation is 1. The molecule has 2 aliphatic heterocycles. The van der Waals surface area contributed by atoms with Crippen LogP contribution in [0.4, 0.5) is 17.1 Å². The smallest absolute Gasteiger partial charge is 0.136 e. The van der Waals surface area contributed by atoms with Crippen molar-refractivity contribution in [1.82, 2.24) is 30.8 Å². The van der Waals surface area contributed by atoms with E-state index in [4.69, 9.17) is 46.4 Å². The van der Waals surface area contributed by atoms with Gasteiger partial charge in [-0.3, -0.25) is 14.9 Å². The van der Waals surface area contributed by atoms with Crippen LogP contribution in [0.15, 0.2) is 60.6 Å². The first kappa shape index (κ1) is 33.4. The van der Waals surface area contributed by atoms with Crippen molar-refractivity contribution in [3.63, 3.8) is 0 Å². The van der Waals surface area contributed by atoms with Gasteiger partial charge in [-0.05, 0) is 76.4 Å². The van der Waals surface area contributed by atoms with E-state index in [1.54, 1.807) is 6.07 Å². The summed E-state index contributed by atoms with van der Waals surface area (Å²) in [6.07, 6.45) is 5.63. The fourth-order valence-corrected chi connectivity index (χ4v) is 6.91. The summed E-state index contributed by atoms with van der Waals surface area (Å²) in [6.45, 7) is 10.7. The lowest BCUT2D eigenvalue weighted by atomic mass is 9.98. The number of hydrogen-bond acceptors (Lipinski definition) is 9. The zero-order valence-electron chi connectivity index (χ0n) is 26.4. The number of piperidine rings is 1. The third-order valence-corrected chi connectivity index (χ3v) is 9.89. The van der Waals surface area contributed by atoms with E-state index in [1.165, 1.54) is 6.20 Å². The highest BCUT2D eigenvalue weighted by Gasteiger charge is 2.32. The summed E-state index contributed by atoms with van der Waals surface area (Å²) in [5.74, 6) is 0. The molecule has 13 heteroatoms. The van der Waals surface area contributed by atoms with Crippen LogP contribution in [-0.2, 0) is 0 Å². The second-order valence-corrected chi connectivity index (χ2v) is 14.4. The molecule has 2 aromatic carbocycles. The highest BCUT2D eigenvalue weighted by molar-refractivity contribution is 6.36. The average Bonchev–Trinajstić information content (AvgIpc) is 3.52. The molecule has 0 radical (unpaired) electrons. The van der Waals surface area contributed by atoms with E-state index in [2.05, 4.69) is 74.5 Å². The Morgan fingerprint density at radius 2 is 1.74 bits per heavy atom. The molecule has 4 aromatic rings. The third kappa shape index (κ3) is 7.19. The fourth-order valence-electron chi connectivity index (χ4n) is 6.01. The maximum absolute atomic E-state index is 10.0. The summed E-state index contributed by atoms with van der Waals surface area (Å²) in [5.41, 5.74) is 12.2. The fraction of sp³-hybridized carbons (Fsp3) is 0.324. The second kappa shape index (κ2) is 13.6. The van der Waals surface area contributed by atoms with Gasteiger partial charge in [0.2, 0.25) is 0 Å². The Hall–Kier alpha value is -3.49. The largest absolute Gasteiger partial charge is 0.373 e. The van der Waals surface area contributed by atoms with Gasteiger partial charge in [0.25, 0.3) is 0 Å². The van der Waals surface area contributed by atoms with Gasteiger partial charge in [0.1, 0.15) is 16.4 Å². The van der Waals surface area contributed by atoms with Gasteiger partial charge in [-0.2, -0.15) is 5.26 Å². The van der Waals surface area contributed by atoms with Gasteiger partial charge in [0, 0.05) is 64.4 Å². The first-order valence-electron chi connectivity index (χ1n) is 15.3. The number of likely N-dealkylation sites (tertiary alicyclic amines) is 1. The number of halogens is 4. The normalized spacial score (nSPS) is 16.5. The standard InChI is InChI=1S/C34H35Cl4N9/c1-19-5-6-21(14-26(19)35)41-30-20(16-39)17-40-31-25(30)13-22(15-27(31)36)42-32(24-7-8-29(37)43-33(24)38)28-18-47(45-44-28)23-9-11-46(12-10-23)34(2,3)4/h5-8,13-15,17-18,23,32,42,44-45H,9-12H2,1-4H3,(H,40,41)/t32-/m0/s1. The van der Waals surface area contributed by atoms with Crippen molar-refractivity contribution in [2.75, 3.05) is 23.7 Å². The molecule has 2 aliphatic rings.